The molecule has 2 aromatic rings. The molecule has 0 aliphatic carbocycles. The highest BCUT2D eigenvalue weighted by Gasteiger charge is 2.33. The van der Waals surface area contributed by atoms with Gasteiger partial charge in [0.1, 0.15) is 5.75 Å². The smallest absolute Gasteiger partial charge is 0.338 e. The van der Waals surface area contributed by atoms with Gasteiger partial charge >= 0.3 is 5.97 Å². The van der Waals surface area contributed by atoms with E-state index in [0.717, 1.165) is 16.9 Å². The van der Waals surface area contributed by atoms with Crippen LogP contribution in [0.15, 0.2) is 60.2 Å². The lowest BCUT2D eigenvalue weighted by Crippen LogP contribution is -2.45. The highest BCUT2D eigenvalue weighted by molar-refractivity contribution is 7.80. The van der Waals surface area contributed by atoms with E-state index in [0.29, 0.717) is 29.6 Å². The number of hydrogen-bond donors (Lipinski definition) is 2. The summed E-state index contributed by atoms with van der Waals surface area (Å²) in [6, 6.07) is 16.8. The lowest BCUT2D eigenvalue weighted by atomic mass is 9.92. The molecular weight excluding hydrogens is 360 g/mol. The first-order chi connectivity index (χ1) is 13.1. The molecule has 6 heteroatoms. The molecule has 0 aromatic heterocycles. The monoisotopic (exact) mass is 382 g/mol. The largest absolute Gasteiger partial charge is 0.494 e. The van der Waals surface area contributed by atoms with Crippen molar-refractivity contribution in [2.45, 2.75) is 19.9 Å². The van der Waals surface area contributed by atoms with Crippen molar-refractivity contribution in [3.8, 4) is 5.75 Å². The van der Waals surface area contributed by atoms with Crippen LogP contribution in [-0.2, 0) is 9.53 Å². The molecule has 1 unspecified atom stereocenters. The Labute approximate surface area is 164 Å². The van der Waals surface area contributed by atoms with Crippen LogP contribution in [0.3, 0.4) is 0 Å². The number of esters is 1. The summed E-state index contributed by atoms with van der Waals surface area (Å²) in [5.74, 6) is 0.358. The Morgan fingerprint density at radius 3 is 2.56 bits per heavy atom. The minimum absolute atomic E-state index is 0.292. The standard InChI is InChI=1S/C21H22N2O3S/c1-3-25-16-12-8-11-15(13-16)19-17(20(24)26-4-2)18(22-21(27)23-19)14-9-6-5-7-10-14/h5-13,19H,3-4H2,1-2H3,(H2,22,23,27). The Kier molecular flexibility index (Phi) is 6.08. The van der Waals surface area contributed by atoms with Crippen LogP contribution in [-0.4, -0.2) is 24.3 Å². The zero-order chi connectivity index (χ0) is 19.2. The van der Waals surface area contributed by atoms with Crippen LogP contribution in [0.5, 0.6) is 5.75 Å². The fourth-order valence-corrected chi connectivity index (χ4v) is 3.25. The van der Waals surface area contributed by atoms with Crippen LogP contribution < -0.4 is 15.4 Å². The number of ether oxygens (including phenoxy) is 2. The van der Waals surface area contributed by atoms with Gasteiger partial charge in [-0.3, -0.25) is 0 Å². The summed E-state index contributed by atoms with van der Waals surface area (Å²) in [5.41, 5.74) is 2.89. The summed E-state index contributed by atoms with van der Waals surface area (Å²) >= 11 is 5.41. The maximum absolute atomic E-state index is 12.8. The first-order valence-corrected chi connectivity index (χ1v) is 9.31. The number of benzene rings is 2. The summed E-state index contributed by atoms with van der Waals surface area (Å²) < 4.78 is 11.0. The predicted octanol–water partition coefficient (Wildman–Crippen LogP) is 3.58. The Balaban J connectivity index is 2.14. The van der Waals surface area contributed by atoms with E-state index in [1.807, 2.05) is 61.5 Å². The number of carbonyl (C=O) groups excluding carboxylic acids is 1. The molecule has 1 heterocycles. The van der Waals surface area contributed by atoms with Crippen molar-refractivity contribution in [2.24, 2.45) is 0 Å². The molecule has 1 aliphatic rings. The first-order valence-electron chi connectivity index (χ1n) is 8.91. The molecular formula is C21H22N2O3S. The van der Waals surface area contributed by atoms with Gasteiger partial charge in [-0.15, -0.1) is 0 Å². The first kappa shape index (κ1) is 18.9. The van der Waals surface area contributed by atoms with Crippen LogP contribution in [0.4, 0.5) is 0 Å². The maximum Gasteiger partial charge on any atom is 0.338 e. The molecule has 1 aliphatic heterocycles. The molecule has 1 atom stereocenters. The van der Waals surface area contributed by atoms with Crippen molar-refractivity contribution in [1.29, 1.82) is 0 Å². The van der Waals surface area contributed by atoms with Crippen molar-refractivity contribution < 1.29 is 14.3 Å². The molecule has 0 bridgehead atoms. The molecule has 0 saturated carbocycles. The van der Waals surface area contributed by atoms with Gasteiger partial charge in [0.05, 0.1) is 30.5 Å². The molecule has 2 aromatic carbocycles. The number of nitrogens with one attached hydrogen (secondary N) is 2. The van der Waals surface area contributed by atoms with Gasteiger partial charge in [-0.05, 0) is 49.3 Å². The maximum atomic E-state index is 12.8. The van der Waals surface area contributed by atoms with E-state index >= 15 is 0 Å². The van der Waals surface area contributed by atoms with Crippen molar-refractivity contribution in [2.75, 3.05) is 13.2 Å². The van der Waals surface area contributed by atoms with Crippen molar-refractivity contribution in [3.05, 3.63) is 71.3 Å². The van der Waals surface area contributed by atoms with Gasteiger partial charge < -0.3 is 20.1 Å². The van der Waals surface area contributed by atoms with E-state index in [1.54, 1.807) is 6.92 Å². The van der Waals surface area contributed by atoms with Gasteiger partial charge in [-0.2, -0.15) is 0 Å². The highest BCUT2D eigenvalue weighted by Crippen LogP contribution is 2.33. The number of hydrogen-bond acceptors (Lipinski definition) is 4. The summed E-state index contributed by atoms with van der Waals surface area (Å²) in [4.78, 5) is 12.8. The van der Waals surface area contributed by atoms with Crippen LogP contribution >= 0.6 is 12.2 Å². The zero-order valence-corrected chi connectivity index (χ0v) is 16.1. The Morgan fingerprint density at radius 1 is 1.07 bits per heavy atom. The van der Waals surface area contributed by atoms with Crippen LogP contribution in [0.1, 0.15) is 31.0 Å². The van der Waals surface area contributed by atoms with Crippen molar-refractivity contribution in [3.63, 3.8) is 0 Å². The number of rotatable bonds is 6. The summed E-state index contributed by atoms with van der Waals surface area (Å²) in [6.45, 7) is 4.58. The SMILES string of the molecule is CCOC(=O)C1=C(c2ccccc2)NC(=S)NC1c1cccc(OCC)c1. The Morgan fingerprint density at radius 2 is 1.85 bits per heavy atom. The van der Waals surface area contributed by atoms with Crippen molar-refractivity contribution in [1.82, 2.24) is 10.6 Å². The van der Waals surface area contributed by atoms with E-state index in [9.17, 15) is 4.79 Å². The molecule has 27 heavy (non-hydrogen) atoms. The second kappa shape index (κ2) is 8.68. The van der Waals surface area contributed by atoms with E-state index in [-0.39, 0.29) is 5.97 Å². The summed E-state index contributed by atoms with van der Waals surface area (Å²) in [6.07, 6.45) is 0. The molecule has 0 fully saturated rings. The third kappa shape index (κ3) is 4.28. The third-order valence-electron chi connectivity index (χ3n) is 4.13. The molecule has 0 saturated heterocycles. The van der Waals surface area contributed by atoms with E-state index in [1.165, 1.54) is 0 Å². The van der Waals surface area contributed by atoms with Crippen LogP contribution in [0.2, 0.25) is 0 Å². The summed E-state index contributed by atoms with van der Waals surface area (Å²) in [5, 5.41) is 6.78. The minimum atomic E-state index is -0.437. The van der Waals surface area contributed by atoms with Gasteiger partial charge in [0.2, 0.25) is 0 Å². The topological polar surface area (TPSA) is 59.6 Å². The van der Waals surface area contributed by atoms with Crippen LogP contribution in [0, 0.1) is 0 Å². The molecule has 3 rings (SSSR count). The Hall–Kier alpha value is -2.86. The van der Waals surface area contributed by atoms with Gasteiger partial charge in [0.15, 0.2) is 5.11 Å². The lowest BCUT2D eigenvalue weighted by molar-refractivity contribution is -0.138. The molecule has 0 radical (unpaired) electrons. The molecule has 140 valence electrons. The van der Waals surface area contributed by atoms with Gasteiger partial charge in [0.25, 0.3) is 0 Å². The van der Waals surface area contributed by atoms with Gasteiger partial charge in [-0.1, -0.05) is 42.5 Å². The van der Waals surface area contributed by atoms with E-state index in [2.05, 4.69) is 10.6 Å². The number of thiocarbonyl (C=S) groups is 1. The fraction of sp³-hybridized carbons (Fsp3) is 0.238. The van der Waals surface area contributed by atoms with Gasteiger partial charge in [0, 0.05) is 0 Å². The Bertz CT molecular complexity index is 865. The van der Waals surface area contributed by atoms with E-state index in [4.69, 9.17) is 21.7 Å². The van der Waals surface area contributed by atoms with Crippen molar-refractivity contribution >= 4 is 29.0 Å². The zero-order valence-electron chi connectivity index (χ0n) is 15.3. The molecule has 2 N–H and O–H groups in total. The highest BCUT2D eigenvalue weighted by atomic mass is 32.1. The predicted molar refractivity (Wildman–Crippen MR) is 109 cm³/mol. The third-order valence-corrected chi connectivity index (χ3v) is 4.35. The number of carbonyl (C=O) groups is 1. The average molecular weight is 382 g/mol. The molecule has 0 spiro atoms. The quantitative estimate of drug-likeness (QED) is 0.588. The molecule has 0 amide bonds. The minimum Gasteiger partial charge on any atom is -0.494 e. The second-order valence-electron chi connectivity index (χ2n) is 5.91. The van der Waals surface area contributed by atoms with E-state index < -0.39 is 6.04 Å². The lowest BCUT2D eigenvalue weighted by Gasteiger charge is -2.31. The summed E-state index contributed by atoms with van der Waals surface area (Å²) in [7, 11) is 0. The van der Waals surface area contributed by atoms with Crippen LogP contribution in [0.25, 0.3) is 5.70 Å². The molecule has 5 nitrogen and oxygen atoms in total. The van der Waals surface area contributed by atoms with Gasteiger partial charge in [-0.25, -0.2) is 4.79 Å². The normalized spacial score (nSPS) is 16.4. The fourth-order valence-electron chi connectivity index (χ4n) is 3.03. The second-order valence-corrected chi connectivity index (χ2v) is 6.32. The average Bonchev–Trinajstić information content (AvgIpc) is 2.68.